The maximum atomic E-state index is 2.55. The van der Waals surface area contributed by atoms with Gasteiger partial charge in [0.05, 0.1) is 0 Å². The molecular formula is C31H38. The van der Waals surface area contributed by atoms with Gasteiger partial charge < -0.3 is 0 Å². The summed E-state index contributed by atoms with van der Waals surface area (Å²) in [5.74, 6) is 1.22. The third kappa shape index (κ3) is 3.25. The predicted octanol–water partition coefficient (Wildman–Crippen LogP) is 9.13. The average Bonchev–Trinajstić information content (AvgIpc) is 3.01. The summed E-state index contributed by atoms with van der Waals surface area (Å²) in [5.41, 5.74) is 15.6. The van der Waals surface area contributed by atoms with Crippen molar-refractivity contribution < 1.29 is 0 Å². The zero-order valence-corrected chi connectivity index (χ0v) is 20.7. The Kier molecular flexibility index (Phi) is 4.50. The van der Waals surface area contributed by atoms with Crippen LogP contribution in [-0.4, -0.2) is 0 Å². The largest absolute Gasteiger partial charge is 0.0796 e. The Bertz CT molecular complexity index is 1050. The van der Waals surface area contributed by atoms with Crippen LogP contribution in [0.2, 0.25) is 0 Å². The molecular weight excluding hydrogens is 372 g/mol. The summed E-state index contributed by atoms with van der Waals surface area (Å²) >= 11 is 0. The molecule has 31 heavy (non-hydrogen) atoms. The maximum Gasteiger partial charge on any atom is -0.00132 e. The van der Waals surface area contributed by atoms with Gasteiger partial charge in [-0.3, -0.25) is 0 Å². The standard InChI is InChI=1S/C31H38/c1-18-9-11-28(30(3,4)5)26-16-24-20(14-22(18)26)13-21-15-23-19(2)10-12-29(31(6,7)8)27(23)17-25(21)24/h11-12,14-19H,9-10,13H2,1-8H3. The van der Waals surface area contributed by atoms with Crippen molar-refractivity contribution in [2.75, 3.05) is 0 Å². The van der Waals surface area contributed by atoms with Crippen LogP contribution in [0.1, 0.15) is 113 Å². The van der Waals surface area contributed by atoms with Gasteiger partial charge in [0.25, 0.3) is 0 Å². The molecule has 0 fully saturated rings. The molecule has 3 aliphatic carbocycles. The van der Waals surface area contributed by atoms with E-state index < -0.39 is 0 Å². The molecule has 162 valence electrons. The van der Waals surface area contributed by atoms with Gasteiger partial charge in [-0.1, -0.05) is 79.7 Å². The smallest absolute Gasteiger partial charge is 0.00132 e. The lowest BCUT2D eigenvalue weighted by molar-refractivity contribution is 0.557. The van der Waals surface area contributed by atoms with E-state index in [1.165, 1.54) is 44.5 Å². The van der Waals surface area contributed by atoms with Crippen LogP contribution < -0.4 is 0 Å². The summed E-state index contributed by atoms with van der Waals surface area (Å²) in [5, 5.41) is 0. The fourth-order valence-corrected chi connectivity index (χ4v) is 6.09. The molecule has 0 nitrogen and oxygen atoms in total. The van der Waals surface area contributed by atoms with Gasteiger partial charge in [-0.05, 0) is 110 Å². The highest BCUT2D eigenvalue weighted by Crippen LogP contribution is 2.50. The first kappa shape index (κ1) is 20.8. The van der Waals surface area contributed by atoms with Crippen molar-refractivity contribution in [3.63, 3.8) is 0 Å². The molecule has 5 rings (SSSR count). The normalized spacial score (nSPS) is 22.2. The van der Waals surface area contributed by atoms with Crippen LogP contribution in [0, 0.1) is 10.8 Å². The number of hydrogen-bond acceptors (Lipinski definition) is 0. The highest BCUT2D eigenvalue weighted by Gasteiger charge is 2.32. The zero-order valence-electron chi connectivity index (χ0n) is 20.7. The Morgan fingerprint density at radius 2 is 0.968 bits per heavy atom. The van der Waals surface area contributed by atoms with Gasteiger partial charge in [0, 0.05) is 0 Å². The summed E-state index contributed by atoms with van der Waals surface area (Å²) < 4.78 is 0. The number of rotatable bonds is 0. The molecule has 0 amide bonds. The first-order valence-electron chi connectivity index (χ1n) is 12.2. The summed E-state index contributed by atoms with van der Waals surface area (Å²) in [6.07, 6.45) is 8.43. The highest BCUT2D eigenvalue weighted by molar-refractivity contribution is 5.87. The lowest BCUT2D eigenvalue weighted by Crippen LogP contribution is -2.15. The molecule has 0 N–H and O–H groups in total. The second kappa shape index (κ2) is 6.71. The van der Waals surface area contributed by atoms with Crippen molar-refractivity contribution in [2.45, 2.75) is 86.5 Å². The van der Waals surface area contributed by atoms with Crippen molar-refractivity contribution in [3.05, 3.63) is 69.8 Å². The van der Waals surface area contributed by atoms with E-state index >= 15 is 0 Å². The Morgan fingerprint density at radius 3 is 1.32 bits per heavy atom. The van der Waals surface area contributed by atoms with Crippen LogP contribution in [0.4, 0.5) is 0 Å². The van der Waals surface area contributed by atoms with E-state index in [4.69, 9.17) is 0 Å². The van der Waals surface area contributed by atoms with Crippen molar-refractivity contribution >= 4 is 11.1 Å². The number of hydrogen-bond donors (Lipinski definition) is 0. The number of benzene rings is 2. The van der Waals surface area contributed by atoms with Gasteiger partial charge >= 0.3 is 0 Å². The monoisotopic (exact) mass is 410 g/mol. The maximum absolute atomic E-state index is 2.55. The average molecular weight is 411 g/mol. The highest BCUT2D eigenvalue weighted by atomic mass is 14.4. The molecule has 0 aromatic heterocycles. The molecule has 0 spiro atoms. The van der Waals surface area contributed by atoms with Gasteiger partial charge in [0.2, 0.25) is 0 Å². The molecule has 0 aliphatic heterocycles. The van der Waals surface area contributed by atoms with E-state index in [1.54, 1.807) is 11.1 Å². The molecule has 3 aliphatic rings. The minimum atomic E-state index is 0.179. The lowest BCUT2D eigenvalue weighted by Gasteiger charge is -2.32. The molecule has 0 radical (unpaired) electrons. The Balaban J connectivity index is 1.70. The van der Waals surface area contributed by atoms with Crippen molar-refractivity contribution in [1.29, 1.82) is 0 Å². The van der Waals surface area contributed by atoms with Gasteiger partial charge in [0.15, 0.2) is 0 Å². The Labute approximate surface area is 189 Å². The third-order valence-electron chi connectivity index (χ3n) is 7.83. The van der Waals surface area contributed by atoms with Crippen LogP contribution in [0.15, 0.2) is 36.4 Å². The van der Waals surface area contributed by atoms with Crippen molar-refractivity contribution in [2.24, 2.45) is 10.8 Å². The quantitative estimate of drug-likeness (QED) is 0.346. The summed E-state index contributed by atoms with van der Waals surface area (Å²) in [6, 6.07) is 10.2. The minimum absolute atomic E-state index is 0.179. The third-order valence-corrected chi connectivity index (χ3v) is 7.83. The second-order valence-corrected chi connectivity index (χ2v) is 12.4. The van der Waals surface area contributed by atoms with E-state index in [0.717, 1.165) is 19.3 Å². The first-order valence-corrected chi connectivity index (χ1v) is 12.2. The van der Waals surface area contributed by atoms with Crippen LogP contribution in [-0.2, 0) is 6.42 Å². The van der Waals surface area contributed by atoms with Gasteiger partial charge in [-0.25, -0.2) is 0 Å². The molecule has 0 saturated carbocycles. The molecule has 2 aromatic carbocycles. The van der Waals surface area contributed by atoms with Crippen LogP contribution >= 0.6 is 0 Å². The minimum Gasteiger partial charge on any atom is -0.0796 e. The molecule has 0 saturated heterocycles. The summed E-state index contributed by atoms with van der Waals surface area (Å²) in [4.78, 5) is 0. The van der Waals surface area contributed by atoms with E-state index in [0.29, 0.717) is 11.8 Å². The molecule has 2 atom stereocenters. The molecule has 0 heterocycles. The Hall–Kier alpha value is -2.08. The topological polar surface area (TPSA) is 0 Å². The summed E-state index contributed by atoms with van der Waals surface area (Å²) in [6.45, 7) is 18.9. The van der Waals surface area contributed by atoms with Gasteiger partial charge in [-0.15, -0.1) is 0 Å². The van der Waals surface area contributed by atoms with E-state index in [1.807, 2.05) is 0 Å². The van der Waals surface area contributed by atoms with Crippen LogP contribution in [0.25, 0.3) is 22.3 Å². The van der Waals surface area contributed by atoms with Crippen LogP contribution in [0.3, 0.4) is 0 Å². The first-order chi connectivity index (χ1) is 14.4. The van der Waals surface area contributed by atoms with Crippen molar-refractivity contribution in [3.8, 4) is 11.1 Å². The molecule has 0 bridgehead atoms. The van der Waals surface area contributed by atoms with E-state index in [-0.39, 0.29) is 10.8 Å². The Morgan fingerprint density at radius 1 is 0.581 bits per heavy atom. The van der Waals surface area contributed by atoms with Crippen molar-refractivity contribution in [1.82, 2.24) is 0 Å². The zero-order chi connectivity index (χ0) is 22.3. The predicted molar refractivity (Wildman–Crippen MR) is 136 cm³/mol. The summed E-state index contributed by atoms with van der Waals surface area (Å²) in [7, 11) is 0. The fourth-order valence-electron chi connectivity index (χ4n) is 6.09. The second-order valence-electron chi connectivity index (χ2n) is 12.4. The lowest BCUT2D eigenvalue weighted by atomic mass is 9.72. The molecule has 0 heteroatoms. The number of fused-ring (bicyclic) bond motifs is 5. The van der Waals surface area contributed by atoms with Gasteiger partial charge in [0.1, 0.15) is 0 Å². The van der Waals surface area contributed by atoms with Crippen LogP contribution in [0.5, 0.6) is 0 Å². The number of allylic oxidation sites excluding steroid dienone is 4. The molecule has 2 aromatic rings. The molecule has 2 unspecified atom stereocenters. The van der Waals surface area contributed by atoms with Gasteiger partial charge in [-0.2, -0.15) is 0 Å². The van der Waals surface area contributed by atoms with E-state index in [2.05, 4.69) is 91.8 Å². The van der Waals surface area contributed by atoms with E-state index in [9.17, 15) is 0 Å². The SMILES string of the molecule is CC1CC=C(C(C)(C)C)c2cc3c(cc21)Cc1cc2c(cc1-3)C(C(C)(C)C)=CCC2C. The fraction of sp³-hybridized carbons (Fsp3) is 0.484.